The molecule has 1 rings (SSSR count). The zero-order valence-electron chi connectivity index (χ0n) is 8.88. The van der Waals surface area contributed by atoms with Crippen molar-refractivity contribution in [1.29, 1.82) is 0 Å². The number of aliphatic imine (C=N–C) groups is 1. The van der Waals surface area contributed by atoms with Crippen LogP contribution in [0.4, 0.5) is 0 Å². The number of hydrogen-bond donors (Lipinski definition) is 2. The lowest BCUT2D eigenvalue weighted by molar-refractivity contribution is 0.0733. The van der Waals surface area contributed by atoms with E-state index in [-0.39, 0.29) is 0 Å². The Morgan fingerprint density at radius 3 is 3.00 bits per heavy atom. The van der Waals surface area contributed by atoms with Crippen LogP contribution in [-0.4, -0.2) is 52.0 Å². The molecule has 5 heteroatoms. The third kappa shape index (κ3) is 4.43. The first kappa shape index (κ1) is 11.3. The molecule has 14 heavy (non-hydrogen) atoms. The van der Waals surface area contributed by atoms with Crippen LogP contribution in [0.1, 0.15) is 6.92 Å². The monoisotopic (exact) mass is 201 g/mol. The van der Waals surface area contributed by atoms with E-state index in [1.54, 1.807) is 7.11 Å². The van der Waals surface area contributed by atoms with E-state index in [0.29, 0.717) is 25.9 Å². The maximum atomic E-state index is 5.29. The second-order valence-corrected chi connectivity index (χ2v) is 3.27. The molecule has 0 aromatic carbocycles. The SMILES string of the molecule is COCCOCCNC1=NCC(C)N1. The number of methoxy groups -OCH3 is 1. The molecule has 1 aliphatic heterocycles. The first-order chi connectivity index (χ1) is 6.83. The summed E-state index contributed by atoms with van der Waals surface area (Å²) >= 11 is 0. The van der Waals surface area contributed by atoms with Crippen molar-refractivity contribution in [1.82, 2.24) is 10.6 Å². The number of guanidine groups is 1. The van der Waals surface area contributed by atoms with Gasteiger partial charge in [0.1, 0.15) is 0 Å². The molecule has 0 saturated carbocycles. The first-order valence-corrected chi connectivity index (χ1v) is 4.94. The molecular weight excluding hydrogens is 182 g/mol. The van der Waals surface area contributed by atoms with Gasteiger partial charge in [-0.2, -0.15) is 0 Å². The molecule has 0 amide bonds. The van der Waals surface area contributed by atoms with E-state index in [9.17, 15) is 0 Å². The maximum Gasteiger partial charge on any atom is 0.191 e. The van der Waals surface area contributed by atoms with Crippen LogP contribution in [0, 0.1) is 0 Å². The van der Waals surface area contributed by atoms with Gasteiger partial charge in [0.2, 0.25) is 0 Å². The average molecular weight is 201 g/mol. The summed E-state index contributed by atoms with van der Waals surface area (Å²) in [7, 11) is 1.67. The minimum atomic E-state index is 0.451. The zero-order chi connectivity index (χ0) is 10.2. The lowest BCUT2D eigenvalue weighted by atomic mass is 10.4. The highest BCUT2D eigenvalue weighted by Crippen LogP contribution is 1.91. The molecule has 0 aromatic rings. The predicted molar refractivity (Wildman–Crippen MR) is 55.6 cm³/mol. The normalized spacial score (nSPS) is 20.4. The number of ether oxygens (including phenoxy) is 2. The molecular formula is C9H19N3O2. The third-order valence-electron chi connectivity index (χ3n) is 1.88. The quantitative estimate of drug-likeness (QED) is 0.573. The highest BCUT2D eigenvalue weighted by atomic mass is 16.5. The molecule has 1 atom stereocenters. The van der Waals surface area contributed by atoms with E-state index in [1.165, 1.54) is 0 Å². The van der Waals surface area contributed by atoms with Crippen molar-refractivity contribution in [3.05, 3.63) is 0 Å². The summed E-state index contributed by atoms with van der Waals surface area (Å²) in [5.41, 5.74) is 0. The van der Waals surface area contributed by atoms with Crippen LogP contribution in [-0.2, 0) is 9.47 Å². The van der Waals surface area contributed by atoms with Crippen molar-refractivity contribution in [3.63, 3.8) is 0 Å². The van der Waals surface area contributed by atoms with Gasteiger partial charge in [0.15, 0.2) is 5.96 Å². The molecule has 0 spiro atoms. The summed E-state index contributed by atoms with van der Waals surface area (Å²) in [4.78, 5) is 4.26. The number of nitrogens with one attached hydrogen (secondary N) is 2. The van der Waals surface area contributed by atoms with Gasteiger partial charge in [0, 0.05) is 19.7 Å². The van der Waals surface area contributed by atoms with Crippen molar-refractivity contribution in [2.75, 3.05) is 40.0 Å². The van der Waals surface area contributed by atoms with E-state index in [4.69, 9.17) is 9.47 Å². The van der Waals surface area contributed by atoms with E-state index >= 15 is 0 Å². The Hall–Kier alpha value is -0.810. The minimum Gasteiger partial charge on any atom is -0.382 e. The molecule has 2 N–H and O–H groups in total. The van der Waals surface area contributed by atoms with Crippen LogP contribution in [0.25, 0.3) is 0 Å². The standard InChI is InChI=1S/C9H19N3O2/c1-8-7-11-9(12-8)10-3-4-14-6-5-13-2/h8H,3-7H2,1-2H3,(H2,10,11,12). The summed E-state index contributed by atoms with van der Waals surface area (Å²) in [5.74, 6) is 0.882. The summed E-state index contributed by atoms with van der Waals surface area (Å²) in [6, 6.07) is 0.451. The molecule has 0 fully saturated rings. The van der Waals surface area contributed by atoms with E-state index in [1.807, 2.05) is 0 Å². The Morgan fingerprint density at radius 2 is 2.36 bits per heavy atom. The number of nitrogens with zero attached hydrogens (tertiary/aromatic N) is 1. The second kappa shape index (κ2) is 6.62. The Labute approximate surface area is 84.9 Å². The summed E-state index contributed by atoms with van der Waals surface area (Å²) in [5, 5.41) is 6.38. The van der Waals surface area contributed by atoms with Gasteiger partial charge < -0.3 is 20.1 Å². The molecule has 0 aliphatic carbocycles. The number of hydrogen-bond acceptors (Lipinski definition) is 5. The molecule has 0 radical (unpaired) electrons. The predicted octanol–water partition coefficient (Wildman–Crippen LogP) is -0.413. The summed E-state index contributed by atoms with van der Waals surface area (Å²) in [6.07, 6.45) is 0. The van der Waals surface area contributed by atoms with Crippen molar-refractivity contribution in [2.24, 2.45) is 4.99 Å². The Balaban J connectivity index is 1.89. The summed E-state index contributed by atoms with van der Waals surface area (Å²) in [6.45, 7) is 5.71. The van der Waals surface area contributed by atoms with Gasteiger partial charge in [-0.05, 0) is 6.92 Å². The van der Waals surface area contributed by atoms with E-state index < -0.39 is 0 Å². The fourth-order valence-corrected chi connectivity index (χ4v) is 1.15. The molecule has 0 saturated heterocycles. The molecule has 5 nitrogen and oxygen atoms in total. The maximum absolute atomic E-state index is 5.29. The average Bonchev–Trinajstić information content (AvgIpc) is 2.58. The van der Waals surface area contributed by atoms with Gasteiger partial charge in [-0.15, -0.1) is 0 Å². The first-order valence-electron chi connectivity index (χ1n) is 4.94. The van der Waals surface area contributed by atoms with Crippen LogP contribution in [0.5, 0.6) is 0 Å². The summed E-state index contributed by atoms with van der Waals surface area (Å²) < 4.78 is 10.1. The smallest absolute Gasteiger partial charge is 0.191 e. The van der Waals surface area contributed by atoms with Crippen LogP contribution in [0.15, 0.2) is 4.99 Å². The molecule has 1 heterocycles. The van der Waals surface area contributed by atoms with Crippen molar-refractivity contribution >= 4 is 5.96 Å². The lowest BCUT2D eigenvalue weighted by Crippen LogP contribution is -2.39. The zero-order valence-corrected chi connectivity index (χ0v) is 8.88. The van der Waals surface area contributed by atoms with Gasteiger partial charge in [0.05, 0.1) is 26.4 Å². The van der Waals surface area contributed by atoms with Crippen molar-refractivity contribution in [2.45, 2.75) is 13.0 Å². The highest BCUT2D eigenvalue weighted by Gasteiger charge is 2.10. The van der Waals surface area contributed by atoms with Crippen LogP contribution < -0.4 is 10.6 Å². The van der Waals surface area contributed by atoms with Gasteiger partial charge in [-0.3, -0.25) is 4.99 Å². The third-order valence-corrected chi connectivity index (χ3v) is 1.88. The number of rotatable bonds is 6. The largest absolute Gasteiger partial charge is 0.382 e. The molecule has 1 aliphatic rings. The van der Waals surface area contributed by atoms with Crippen molar-refractivity contribution in [3.8, 4) is 0 Å². The fraction of sp³-hybridized carbons (Fsp3) is 0.889. The minimum absolute atomic E-state index is 0.451. The molecule has 1 unspecified atom stereocenters. The Kier molecular flexibility index (Phi) is 5.32. The highest BCUT2D eigenvalue weighted by molar-refractivity contribution is 5.81. The van der Waals surface area contributed by atoms with Gasteiger partial charge in [-0.1, -0.05) is 0 Å². The van der Waals surface area contributed by atoms with Gasteiger partial charge in [-0.25, -0.2) is 0 Å². The molecule has 0 bridgehead atoms. The fourth-order valence-electron chi connectivity index (χ4n) is 1.15. The van der Waals surface area contributed by atoms with Gasteiger partial charge >= 0.3 is 0 Å². The molecule has 82 valence electrons. The topological polar surface area (TPSA) is 54.9 Å². The van der Waals surface area contributed by atoms with Crippen LogP contribution >= 0.6 is 0 Å². The Morgan fingerprint density at radius 1 is 1.50 bits per heavy atom. The second-order valence-electron chi connectivity index (χ2n) is 3.27. The van der Waals surface area contributed by atoms with Crippen molar-refractivity contribution < 1.29 is 9.47 Å². The van der Waals surface area contributed by atoms with Crippen LogP contribution in [0.2, 0.25) is 0 Å². The lowest BCUT2D eigenvalue weighted by Gasteiger charge is -2.08. The van der Waals surface area contributed by atoms with Crippen LogP contribution in [0.3, 0.4) is 0 Å². The van der Waals surface area contributed by atoms with E-state index in [2.05, 4.69) is 22.5 Å². The van der Waals surface area contributed by atoms with E-state index in [0.717, 1.165) is 19.0 Å². The Bertz CT molecular complexity index is 185. The molecule has 0 aromatic heterocycles. The van der Waals surface area contributed by atoms with Gasteiger partial charge in [0.25, 0.3) is 0 Å².